The maximum Gasteiger partial charge on any atom is 0.338 e. The highest BCUT2D eigenvalue weighted by molar-refractivity contribution is 6.32. The van der Waals surface area contributed by atoms with Crippen molar-refractivity contribution < 1.29 is 23.8 Å². The van der Waals surface area contributed by atoms with Crippen LogP contribution in [0, 0.1) is 11.3 Å². The average molecular weight is 355 g/mol. The first-order valence-electron chi connectivity index (χ1n) is 7.34. The van der Waals surface area contributed by atoms with Crippen LogP contribution in [0.25, 0.3) is 0 Å². The van der Waals surface area contributed by atoms with Crippen LogP contribution in [0.3, 0.4) is 0 Å². The van der Waals surface area contributed by atoms with Gasteiger partial charge in [0.15, 0.2) is 18.1 Å². The fourth-order valence-corrected chi connectivity index (χ4v) is 1.97. The third-order valence-electron chi connectivity index (χ3n) is 2.81. The predicted octanol–water partition coefficient (Wildman–Crippen LogP) is 2.32. The van der Waals surface area contributed by atoms with Gasteiger partial charge < -0.3 is 19.5 Å². The molecule has 0 fully saturated rings. The van der Waals surface area contributed by atoms with Crippen LogP contribution < -0.4 is 14.8 Å². The Kier molecular flexibility index (Phi) is 8.44. The molecule has 1 aromatic rings. The molecule has 24 heavy (non-hydrogen) atoms. The normalized spacial score (nSPS) is 9.75. The summed E-state index contributed by atoms with van der Waals surface area (Å²) in [6.07, 6.45) is 0.982. The van der Waals surface area contributed by atoms with Gasteiger partial charge in [-0.1, -0.05) is 18.5 Å². The maximum absolute atomic E-state index is 12.0. The van der Waals surface area contributed by atoms with E-state index in [9.17, 15) is 9.59 Å². The number of nitrogens with one attached hydrogen (secondary N) is 1. The molecule has 0 aliphatic rings. The number of carbonyl (C=O) groups is 2. The fourth-order valence-electron chi connectivity index (χ4n) is 1.71. The molecule has 1 N–H and O–H groups in total. The van der Waals surface area contributed by atoms with E-state index in [2.05, 4.69) is 5.32 Å². The number of hydrogen-bond acceptors (Lipinski definition) is 6. The molecule has 0 heterocycles. The molecule has 0 unspecified atom stereocenters. The van der Waals surface area contributed by atoms with Crippen LogP contribution in [0.15, 0.2) is 12.1 Å². The molecule has 0 saturated carbocycles. The van der Waals surface area contributed by atoms with Crippen molar-refractivity contribution in [2.24, 2.45) is 0 Å². The van der Waals surface area contributed by atoms with Crippen molar-refractivity contribution in [1.29, 1.82) is 5.26 Å². The Labute approximate surface area is 145 Å². The number of rotatable bonds is 9. The Morgan fingerprint density at radius 3 is 2.75 bits per heavy atom. The lowest BCUT2D eigenvalue weighted by molar-refractivity contribution is -0.124. The Morgan fingerprint density at radius 2 is 2.12 bits per heavy atom. The number of benzene rings is 1. The number of ether oxygens (including phenoxy) is 3. The minimum Gasteiger partial charge on any atom is -0.493 e. The summed E-state index contributed by atoms with van der Waals surface area (Å²) in [4.78, 5) is 23.5. The molecule has 1 amide bonds. The summed E-state index contributed by atoms with van der Waals surface area (Å²) in [5.41, 5.74) is 0.144. The number of nitrogens with zero attached hydrogens (tertiary/aromatic N) is 1. The molecular weight excluding hydrogens is 336 g/mol. The number of amides is 1. The average Bonchev–Trinajstić information content (AvgIpc) is 2.58. The SMILES string of the molecule is CCCOc1c(Cl)cc(C(=O)OCC(=O)NCCC#N)cc1OC. The van der Waals surface area contributed by atoms with Crippen LogP contribution in [-0.2, 0) is 9.53 Å². The van der Waals surface area contributed by atoms with Crippen molar-refractivity contribution >= 4 is 23.5 Å². The van der Waals surface area contributed by atoms with Gasteiger partial charge in [-0.3, -0.25) is 4.79 Å². The summed E-state index contributed by atoms with van der Waals surface area (Å²) in [7, 11) is 1.43. The molecule has 0 saturated heterocycles. The Bertz CT molecular complexity index is 628. The lowest BCUT2D eigenvalue weighted by Gasteiger charge is -2.13. The Morgan fingerprint density at radius 1 is 1.38 bits per heavy atom. The minimum atomic E-state index is -0.715. The van der Waals surface area contributed by atoms with E-state index in [-0.39, 0.29) is 23.6 Å². The number of esters is 1. The summed E-state index contributed by atoms with van der Waals surface area (Å²) >= 11 is 6.12. The van der Waals surface area contributed by atoms with E-state index in [1.807, 2.05) is 13.0 Å². The first-order valence-corrected chi connectivity index (χ1v) is 7.72. The molecule has 0 aliphatic heterocycles. The molecule has 8 heteroatoms. The van der Waals surface area contributed by atoms with Gasteiger partial charge in [-0.25, -0.2) is 4.79 Å². The van der Waals surface area contributed by atoms with Gasteiger partial charge in [-0.15, -0.1) is 0 Å². The number of methoxy groups -OCH3 is 1. The molecule has 7 nitrogen and oxygen atoms in total. The summed E-state index contributed by atoms with van der Waals surface area (Å²) < 4.78 is 15.6. The third-order valence-corrected chi connectivity index (χ3v) is 3.09. The zero-order chi connectivity index (χ0) is 17.9. The van der Waals surface area contributed by atoms with Crippen LogP contribution in [0.5, 0.6) is 11.5 Å². The second-order valence-electron chi connectivity index (χ2n) is 4.67. The van der Waals surface area contributed by atoms with Crippen LogP contribution in [-0.4, -0.2) is 38.7 Å². The van der Waals surface area contributed by atoms with Gasteiger partial charge in [0.2, 0.25) is 0 Å². The molecule has 130 valence electrons. The molecule has 1 aromatic carbocycles. The number of hydrogen-bond donors (Lipinski definition) is 1. The highest BCUT2D eigenvalue weighted by Crippen LogP contribution is 2.36. The van der Waals surface area contributed by atoms with E-state index in [1.54, 1.807) is 0 Å². The lowest BCUT2D eigenvalue weighted by Crippen LogP contribution is -2.29. The highest BCUT2D eigenvalue weighted by Gasteiger charge is 2.17. The molecule has 0 bridgehead atoms. The van der Waals surface area contributed by atoms with Crippen molar-refractivity contribution in [2.45, 2.75) is 19.8 Å². The van der Waals surface area contributed by atoms with Gasteiger partial charge in [0.05, 0.1) is 36.8 Å². The Hall–Kier alpha value is -2.46. The van der Waals surface area contributed by atoms with Gasteiger partial charge in [-0.2, -0.15) is 5.26 Å². The molecule has 1 rings (SSSR count). The van der Waals surface area contributed by atoms with E-state index in [0.29, 0.717) is 18.1 Å². The van der Waals surface area contributed by atoms with Gasteiger partial charge in [0.25, 0.3) is 5.91 Å². The lowest BCUT2D eigenvalue weighted by atomic mass is 10.2. The largest absolute Gasteiger partial charge is 0.493 e. The van der Waals surface area contributed by atoms with Gasteiger partial charge in [0, 0.05) is 6.54 Å². The van der Waals surface area contributed by atoms with Gasteiger partial charge in [0.1, 0.15) is 0 Å². The monoisotopic (exact) mass is 354 g/mol. The predicted molar refractivity (Wildman–Crippen MR) is 87.3 cm³/mol. The van der Waals surface area contributed by atoms with Crippen molar-refractivity contribution in [3.63, 3.8) is 0 Å². The second-order valence-corrected chi connectivity index (χ2v) is 5.08. The van der Waals surface area contributed by atoms with Crippen LogP contribution in [0.2, 0.25) is 5.02 Å². The van der Waals surface area contributed by atoms with Crippen LogP contribution in [0.4, 0.5) is 0 Å². The maximum atomic E-state index is 12.0. The second kappa shape index (κ2) is 10.3. The van der Waals surface area contributed by atoms with Crippen molar-refractivity contribution in [3.8, 4) is 17.6 Å². The van der Waals surface area contributed by atoms with E-state index < -0.39 is 18.5 Å². The number of carbonyl (C=O) groups excluding carboxylic acids is 2. The first kappa shape index (κ1) is 19.6. The molecular formula is C16H19ClN2O5. The minimum absolute atomic E-state index is 0.144. The number of halogens is 1. The Balaban J connectivity index is 2.72. The van der Waals surface area contributed by atoms with Crippen molar-refractivity contribution in [3.05, 3.63) is 22.7 Å². The van der Waals surface area contributed by atoms with Crippen LogP contribution >= 0.6 is 11.6 Å². The smallest absolute Gasteiger partial charge is 0.338 e. The topological polar surface area (TPSA) is 97.6 Å². The van der Waals surface area contributed by atoms with Gasteiger partial charge >= 0.3 is 5.97 Å². The highest BCUT2D eigenvalue weighted by atomic mass is 35.5. The zero-order valence-electron chi connectivity index (χ0n) is 13.6. The summed E-state index contributed by atoms with van der Waals surface area (Å²) in [5, 5.41) is 11.0. The summed E-state index contributed by atoms with van der Waals surface area (Å²) in [5.74, 6) is -0.541. The quantitative estimate of drug-likeness (QED) is 0.540. The van der Waals surface area contributed by atoms with Crippen molar-refractivity contribution in [2.75, 3.05) is 26.9 Å². The third kappa shape index (κ3) is 5.97. The number of nitriles is 1. The molecule has 0 spiro atoms. The van der Waals surface area contributed by atoms with Crippen molar-refractivity contribution in [1.82, 2.24) is 5.32 Å². The van der Waals surface area contributed by atoms with E-state index in [0.717, 1.165) is 6.42 Å². The molecule has 0 aliphatic carbocycles. The molecule has 0 aromatic heterocycles. The van der Waals surface area contributed by atoms with Gasteiger partial charge in [-0.05, 0) is 18.6 Å². The first-order chi connectivity index (χ1) is 11.5. The van der Waals surface area contributed by atoms with E-state index in [1.165, 1.54) is 19.2 Å². The standard InChI is InChI=1S/C16H19ClN2O5/c1-3-7-23-15-12(17)8-11(9-13(15)22-2)16(21)24-10-14(20)19-6-4-5-18/h8-9H,3-4,6-7,10H2,1-2H3,(H,19,20). The molecule has 0 radical (unpaired) electrons. The summed E-state index contributed by atoms with van der Waals surface area (Å²) in [6.45, 7) is 2.17. The fraction of sp³-hybridized carbons (Fsp3) is 0.438. The van der Waals surface area contributed by atoms with E-state index >= 15 is 0 Å². The van der Waals surface area contributed by atoms with E-state index in [4.69, 9.17) is 31.1 Å². The molecule has 0 atom stereocenters. The zero-order valence-corrected chi connectivity index (χ0v) is 14.3. The summed E-state index contributed by atoms with van der Waals surface area (Å²) in [6, 6.07) is 4.72. The van der Waals surface area contributed by atoms with Crippen LogP contribution in [0.1, 0.15) is 30.1 Å².